The van der Waals surface area contributed by atoms with Crippen LogP contribution in [0.5, 0.6) is 0 Å². The van der Waals surface area contributed by atoms with Gasteiger partial charge in [0.2, 0.25) is 5.91 Å². The van der Waals surface area contributed by atoms with Crippen molar-refractivity contribution in [2.24, 2.45) is 0 Å². The van der Waals surface area contributed by atoms with Gasteiger partial charge in [-0.15, -0.1) is 0 Å². The maximum absolute atomic E-state index is 13.3. The van der Waals surface area contributed by atoms with Crippen LogP contribution in [0.15, 0.2) is 30.5 Å². The second-order valence-corrected chi connectivity index (χ2v) is 9.30. The van der Waals surface area contributed by atoms with E-state index in [1.807, 2.05) is 25.4 Å². The number of hydrogen-bond donors (Lipinski definition) is 1. The number of H-pyrrole nitrogens is 1. The molecule has 3 aliphatic rings. The first-order valence-electron chi connectivity index (χ1n) is 11.3. The minimum Gasteiger partial charge on any atom is -0.375 e. The lowest BCUT2D eigenvalue weighted by Crippen LogP contribution is -2.58. The SMILES string of the molecule is CN(C(=O)Cc1c[nH]c2ccccc12)[C@H]1CC[C@]2(CCCO2)C[C@H]1N1CCCC1. The highest BCUT2D eigenvalue weighted by Gasteiger charge is 2.47. The van der Waals surface area contributed by atoms with Crippen LogP contribution in [0.3, 0.4) is 0 Å². The Morgan fingerprint density at radius 1 is 1.24 bits per heavy atom. The highest BCUT2D eigenvalue weighted by Crippen LogP contribution is 2.43. The molecule has 2 saturated heterocycles. The highest BCUT2D eigenvalue weighted by atomic mass is 16.5. The molecule has 1 aliphatic carbocycles. The number of nitrogens with one attached hydrogen (secondary N) is 1. The second kappa shape index (κ2) is 7.77. The molecule has 3 heterocycles. The van der Waals surface area contributed by atoms with Crippen molar-refractivity contribution in [3.05, 3.63) is 36.0 Å². The van der Waals surface area contributed by atoms with Crippen molar-refractivity contribution in [2.45, 2.75) is 69.1 Å². The van der Waals surface area contributed by atoms with E-state index in [-0.39, 0.29) is 11.5 Å². The number of ether oxygens (including phenoxy) is 1. The molecule has 29 heavy (non-hydrogen) atoms. The molecule has 0 radical (unpaired) electrons. The molecule has 2 aliphatic heterocycles. The van der Waals surface area contributed by atoms with Gasteiger partial charge in [0, 0.05) is 42.8 Å². The zero-order valence-corrected chi connectivity index (χ0v) is 17.5. The standard InChI is InChI=1S/C24H33N3O2/c1-26(23(28)15-18-17-25-20-8-3-2-7-19(18)20)21-9-11-24(10-6-14-29-24)16-22(21)27-12-4-5-13-27/h2-3,7-8,17,21-22,25H,4-6,9-16H2,1H3/t21-,22+,24+/m0/s1. The van der Waals surface area contributed by atoms with Gasteiger partial charge in [-0.3, -0.25) is 9.69 Å². The lowest BCUT2D eigenvalue weighted by molar-refractivity contribution is -0.136. The number of para-hydroxylation sites is 1. The predicted octanol–water partition coefficient (Wildman–Crippen LogP) is 3.73. The summed E-state index contributed by atoms with van der Waals surface area (Å²) < 4.78 is 6.26. The maximum Gasteiger partial charge on any atom is 0.227 e. The number of fused-ring (bicyclic) bond motifs is 1. The number of aromatic nitrogens is 1. The third-order valence-corrected chi connectivity index (χ3v) is 7.62. The molecular weight excluding hydrogens is 362 g/mol. The van der Waals surface area contributed by atoms with E-state index in [1.54, 1.807) is 0 Å². The molecule has 5 nitrogen and oxygen atoms in total. The second-order valence-electron chi connectivity index (χ2n) is 9.30. The van der Waals surface area contributed by atoms with Crippen LogP contribution in [0.2, 0.25) is 0 Å². The van der Waals surface area contributed by atoms with Crippen LogP contribution in [0.1, 0.15) is 50.5 Å². The van der Waals surface area contributed by atoms with E-state index in [9.17, 15) is 4.79 Å². The van der Waals surface area contributed by atoms with Gasteiger partial charge in [0.1, 0.15) is 0 Å². The summed E-state index contributed by atoms with van der Waals surface area (Å²) >= 11 is 0. The lowest BCUT2D eigenvalue weighted by Gasteiger charge is -2.48. The minimum atomic E-state index is 0.0739. The number of amides is 1. The molecule has 3 atom stereocenters. The predicted molar refractivity (Wildman–Crippen MR) is 115 cm³/mol. The molecule has 0 bridgehead atoms. The van der Waals surface area contributed by atoms with Crippen molar-refractivity contribution in [1.82, 2.24) is 14.8 Å². The summed E-state index contributed by atoms with van der Waals surface area (Å²) in [7, 11) is 2.03. The van der Waals surface area contributed by atoms with E-state index in [1.165, 1.54) is 38.8 Å². The van der Waals surface area contributed by atoms with E-state index < -0.39 is 0 Å². The summed E-state index contributed by atoms with van der Waals surface area (Å²) in [5.74, 6) is 0.229. The molecule has 1 N–H and O–H groups in total. The van der Waals surface area contributed by atoms with Gasteiger partial charge in [0.15, 0.2) is 0 Å². The molecule has 1 spiro atoms. The van der Waals surface area contributed by atoms with Crippen molar-refractivity contribution in [2.75, 3.05) is 26.7 Å². The highest BCUT2D eigenvalue weighted by molar-refractivity contribution is 5.88. The van der Waals surface area contributed by atoms with Crippen molar-refractivity contribution in [3.8, 4) is 0 Å². The normalized spacial score (nSPS) is 30.4. The number of nitrogens with zero attached hydrogens (tertiary/aromatic N) is 2. The van der Waals surface area contributed by atoms with E-state index in [0.29, 0.717) is 18.5 Å². The zero-order valence-electron chi connectivity index (χ0n) is 17.5. The van der Waals surface area contributed by atoms with Crippen molar-refractivity contribution < 1.29 is 9.53 Å². The smallest absolute Gasteiger partial charge is 0.227 e. The van der Waals surface area contributed by atoms with Crippen LogP contribution < -0.4 is 0 Å². The Balaban J connectivity index is 1.34. The summed E-state index contributed by atoms with van der Waals surface area (Å²) in [6, 6.07) is 8.96. The lowest BCUT2D eigenvalue weighted by atomic mass is 9.76. The number of aromatic amines is 1. The molecule has 1 aromatic carbocycles. The molecule has 5 heteroatoms. The molecule has 5 rings (SSSR count). The molecule has 3 fully saturated rings. The Labute approximate surface area is 173 Å². The number of likely N-dealkylation sites (tertiary alicyclic amines) is 1. The van der Waals surface area contributed by atoms with Crippen molar-refractivity contribution >= 4 is 16.8 Å². The van der Waals surface area contributed by atoms with Crippen molar-refractivity contribution in [3.63, 3.8) is 0 Å². The van der Waals surface area contributed by atoms with Gasteiger partial charge in [-0.1, -0.05) is 18.2 Å². The monoisotopic (exact) mass is 395 g/mol. The first kappa shape index (κ1) is 19.1. The average Bonchev–Trinajstić information content (AvgIpc) is 3.50. The van der Waals surface area contributed by atoms with Gasteiger partial charge in [-0.25, -0.2) is 0 Å². The fraction of sp³-hybridized carbons (Fsp3) is 0.625. The van der Waals surface area contributed by atoms with E-state index in [0.717, 1.165) is 42.3 Å². The van der Waals surface area contributed by atoms with E-state index >= 15 is 0 Å². The van der Waals surface area contributed by atoms with Crippen LogP contribution in [0, 0.1) is 0 Å². The number of benzene rings is 1. The Bertz CT molecular complexity index is 864. The molecule has 156 valence electrons. The zero-order chi connectivity index (χ0) is 19.8. The van der Waals surface area contributed by atoms with Gasteiger partial charge < -0.3 is 14.6 Å². The van der Waals surface area contributed by atoms with Gasteiger partial charge in [0.05, 0.1) is 12.0 Å². The number of carbonyl (C=O) groups is 1. The molecule has 1 aromatic heterocycles. The Kier molecular flexibility index (Phi) is 5.12. The van der Waals surface area contributed by atoms with Crippen LogP contribution in [-0.4, -0.2) is 65.1 Å². The summed E-state index contributed by atoms with van der Waals surface area (Å²) in [6.07, 6.45) is 10.6. The Hall–Kier alpha value is -1.85. The number of hydrogen-bond acceptors (Lipinski definition) is 3. The first-order valence-corrected chi connectivity index (χ1v) is 11.3. The summed E-state index contributed by atoms with van der Waals surface area (Å²) in [5.41, 5.74) is 2.28. The molecule has 1 amide bonds. The molecular formula is C24H33N3O2. The quantitative estimate of drug-likeness (QED) is 0.858. The van der Waals surface area contributed by atoms with Crippen LogP contribution in [0.4, 0.5) is 0 Å². The summed E-state index contributed by atoms with van der Waals surface area (Å²) in [4.78, 5) is 21.3. The molecule has 2 aromatic rings. The molecule has 1 saturated carbocycles. The van der Waals surface area contributed by atoms with Crippen LogP contribution in [-0.2, 0) is 16.0 Å². The topological polar surface area (TPSA) is 48.6 Å². The maximum atomic E-state index is 13.3. The van der Waals surface area contributed by atoms with Gasteiger partial charge in [0.25, 0.3) is 0 Å². The fourth-order valence-corrected chi connectivity index (χ4v) is 5.98. The fourth-order valence-electron chi connectivity index (χ4n) is 5.98. The largest absolute Gasteiger partial charge is 0.375 e. The van der Waals surface area contributed by atoms with Crippen molar-refractivity contribution in [1.29, 1.82) is 0 Å². The minimum absolute atomic E-state index is 0.0739. The third kappa shape index (κ3) is 3.59. The van der Waals surface area contributed by atoms with Gasteiger partial charge in [-0.05, 0) is 69.7 Å². The summed E-state index contributed by atoms with van der Waals surface area (Å²) in [6.45, 7) is 3.25. The first-order chi connectivity index (χ1) is 14.2. The van der Waals surface area contributed by atoms with Crippen LogP contribution in [0.25, 0.3) is 10.9 Å². The van der Waals surface area contributed by atoms with E-state index in [4.69, 9.17) is 4.74 Å². The number of likely N-dealkylation sites (N-methyl/N-ethyl adjacent to an activating group) is 1. The van der Waals surface area contributed by atoms with Crippen LogP contribution >= 0.6 is 0 Å². The number of carbonyl (C=O) groups excluding carboxylic acids is 1. The average molecular weight is 396 g/mol. The Morgan fingerprint density at radius 2 is 2.07 bits per heavy atom. The van der Waals surface area contributed by atoms with E-state index in [2.05, 4.69) is 26.9 Å². The molecule has 0 unspecified atom stereocenters. The third-order valence-electron chi connectivity index (χ3n) is 7.62. The number of rotatable bonds is 4. The van der Waals surface area contributed by atoms with Gasteiger partial charge >= 0.3 is 0 Å². The summed E-state index contributed by atoms with van der Waals surface area (Å²) in [5, 5.41) is 1.16. The Morgan fingerprint density at radius 3 is 2.86 bits per heavy atom. The van der Waals surface area contributed by atoms with Gasteiger partial charge in [-0.2, -0.15) is 0 Å².